The van der Waals surface area contributed by atoms with Crippen LogP contribution in [0.4, 0.5) is 4.79 Å². The molecular weight excluding hydrogens is 909 g/mol. The van der Waals surface area contributed by atoms with Crippen LogP contribution >= 0.6 is 23.2 Å². The van der Waals surface area contributed by atoms with E-state index in [2.05, 4.69) is 20.7 Å². The number of allylic oxidation sites excluding steroid dienone is 2. The van der Waals surface area contributed by atoms with Crippen molar-refractivity contribution in [1.82, 2.24) is 16.0 Å². The molecule has 16 nitrogen and oxygen atoms in total. The van der Waals surface area contributed by atoms with Gasteiger partial charge >= 0.3 is 18.0 Å². The van der Waals surface area contributed by atoms with Crippen molar-refractivity contribution in [2.45, 2.75) is 74.1 Å². The Labute approximate surface area is 404 Å². The van der Waals surface area contributed by atoms with Gasteiger partial charge in [0.2, 0.25) is 5.91 Å². The molecule has 1 aliphatic rings. The van der Waals surface area contributed by atoms with E-state index in [1.165, 1.54) is 14.0 Å². The number of hydrogen-bond donors (Lipinski definition) is 3. The molecule has 370 valence electrons. The lowest BCUT2D eigenvalue weighted by molar-refractivity contribution is -0.139. The molecule has 0 aromatic heterocycles. The minimum Gasteiger partial charge on any atom is -0.493 e. The number of rotatable bonds is 21. The predicted molar refractivity (Wildman–Crippen MR) is 258 cm³/mol. The molecule has 0 unspecified atom stereocenters. The number of halogens is 2. The molecule has 4 rings (SSSR count). The average Bonchev–Trinajstić information content (AvgIpc) is 3.28. The van der Waals surface area contributed by atoms with E-state index in [1.807, 2.05) is 51.1 Å². The van der Waals surface area contributed by atoms with E-state index in [0.29, 0.717) is 113 Å². The van der Waals surface area contributed by atoms with Gasteiger partial charge in [-0.2, -0.15) is 0 Å². The zero-order chi connectivity index (χ0) is 50.1. The summed E-state index contributed by atoms with van der Waals surface area (Å²) in [6.45, 7) is 17.6. The second-order valence-corrected chi connectivity index (χ2v) is 15.6. The van der Waals surface area contributed by atoms with Gasteiger partial charge in [-0.15, -0.1) is 0 Å². The van der Waals surface area contributed by atoms with Gasteiger partial charge in [-0.3, -0.25) is 4.79 Å². The predicted octanol–water partition coefficient (Wildman–Crippen LogP) is 8.73. The van der Waals surface area contributed by atoms with Crippen LogP contribution in [0.15, 0.2) is 65.0 Å². The Balaban J connectivity index is 0.000000368. The highest BCUT2D eigenvalue weighted by atomic mass is 35.5. The number of carbonyl (C=O) groups is 4. The van der Waals surface area contributed by atoms with E-state index < -0.39 is 23.9 Å². The van der Waals surface area contributed by atoms with Gasteiger partial charge in [0.15, 0.2) is 23.0 Å². The summed E-state index contributed by atoms with van der Waals surface area (Å²) < 4.78 is 47.8. The van der Waals surface area contributed by atoms with E-state index in [9.17, 15) is 19.2 Å². The Bertz CT molecular complexity index is 2140. The molecule has 1 heterocycles. The summed E-state index contributed by atoms with van der Waals surface area (Å²) in [5.41, 5.74) is 5.60. The molecular formula is C49H67Cl2N3O13. The van der Waals surface area contributed by atoms with Crippen molar-refractivity contribution in [3.8, 4) is 28.7 Å². The highest BCUT2D eigenvalue weighted by Gasteiger charge is 2.39. The van der Waals surface area contributed by atoms with E-state index in [4.69, 9.17) is 61.1 Å². The Morgan fingerprint density at radius 2 is 1.12 bits per heavy atom. The van der Waals surface area contributed by atoms with Gasteiger partial charge in [-0.05, 0) is 89.8 Å². The topological polar surface area (TPSA) is 187 Å². The lowest BCUT2D eigenvalue weighted by atomic mass is 9.79. The fraction of sp³-hybridized carbons (Fsp3) is 0.469. The SMILES string of the molecule is CCOC(=O)C1=C(C)NC(C)=C(C(=O)OCC)C1c1ccc(C)cc1OCCCOC.COC(=O)NCCCOc1cc(C)c(Cl)cc1OC.COc1cc(Cl)c(C)cc1OCCNC(C)=O. The maximum absolute atomic E-state index is 13.0. The zero-order valence-corrected chi connectivity index (χ0v) is 42.3. The van der Waals surface area contributed by atoms with Crippen molar-refractivity contribution in [1.29, 1.82) is 0 Å². The van der Waals surface area contributed by atoms with Crippen LogP contribution in [-0.2, 0) is 33.3 Å². The van der Waals surface area contributed by atoms with Gasteiger partial charge < -0.3 is 58.6 Å². The Hall–Kier alpha value is -5.84. The van der Waals surface area contributed by atoms with Crippen LogP contribution < -0.4 is 39.6 Å². The van der Waals surface area contributed by atoms with Crippen LogP contribution in [0, 0.1) is 20.8 Å². The summed E-state index contributed by atoms with van der Waals surface area (Å²) in [5.74, 6) is 1.37. The number of ether oxygens (including phenoxy) is 9. The van der Waals surface area contributed by atoms with E-state index >= 15 is 0 Å². The molecule has 3 aromatic carbocycles. The van der Waals surface area contributed by atoms with Crippen molar-refractivity contribution in [3.63, 3.8) is 0 Å². The number of benzene rings is 3. The summed E-state index contributed by atoms with van der Waals surface area (Å²) in [5, 5.41) is 9.64. The number of aryl methyl sites for hydroxylation is 3. The van der Waals surface area contributed by atoms with Crippen molar-refractivity contribution in [2.75, 3.05) is 81.2 Å². The van der Waals surface area contributed by atoms with Gasteiger partial charge in [0.25, 0.3) is 0 Å². The highest BCUT2D eigenvalue weighted by Crippen LogP contribution is 2.43. The second kappa shape index (κ2) is 30.4. The summed E-state index contributed by atoms with van der Waals surface area (Å²) in [7, 11) is 6.09. The third kappa shape index (κ3) is 18.8. The molecule has 0 saturated carbocycles. The Morgan fingerprint density at radius 1 is 0.612 bits per heavy atom. The number of carbonyl (C=O) groups excluding carboxylic acids is 4. The molecule has 18 heteroatoms. The second-order valence-electron chi connectivity index (χ2n) is 14.8. The van der Waals surface area contributed by atoms with Crippen LogP contribution in [-0.4, -0.2) is 105 Å². The average molecular weight is 977 g/mol. The van der Waals surface area contributed by atoms with Crippen molar-refractivity contribution in [2.24, 2.45) is 0 Å². The molecule has 0 saturated heterocycles. The molecule has 0 atom stereocenters. The molecule has 0 bridgehead atoms. The first kappa shape index (κ1) is 57.3. The maximum atomic E-state index is 13.0. The van der Waals surface area contributed by atoms with Crippen LogP contribution in [0.3, 0.4) is 0 Å². The number of methoxy groups -OCH3 is 4. The van der Waals surface area contributed by atoms with E-state index in [0.717, 1.165) is 23.1 Å². The van der Waals surface area contributed by atoms with Crippen LogP contribution in [0.2, 0.25) is 10.0 Å². The molecule has 1 aliphatic heterocycles. The zero-order valence-electron chi connectivity index (χ0n) is 40.8. The third-order valence-corrected chi connectivity index (χ3v) is 10.5. The maximum Gasteiger partial charge on any atom is 0.406 e. The third-order valence-electron chi connectivity index (χ3n) is 9.64. The molecule has 3 N–H and O–H groups in total. The van der Waals surface area contributed by atoms with Gasteiger partial charge in [-0.25, -0.2) is 14.4 Å². The first-order valence-corrected chi connectivity index (χ1v) is 22.5. The normalized spacial score (nSPS) is 12.0. The van der Waals surface area contributed by atoms with Crippen molar-refractivity contribution < 1.29 is 61.8 Å². The number of esters is 2. The van der Waals surface area contributed by atoms with Crippen molar-refractivity contribution in [3.05, 3.63) is 97.3 Å². The molecule has 2 amide bonds. The van der Waals surface area contributed by atoms with Gasteiger partial charge in [-0.1, -0.05) is 35.3 Å². The molecule has 3 aromatic rings. The number of amides is 2. The number of nitrogens with one attached hydrogen (secondary N) is 3. The highest BCUT2D eigenvalue weighted by molar-refractivity contribution is 6.31. The number of alkyl carbamates (subject to hydrolysis) is 1. The molecule has 0 aliphatic carbocycles. The van der Waals surface area contributed by atoms with E-state index in [-0.39, 0.29) is 19.1 Å². The quantitative estimate of drug-likeness (QED) is 0.0522. The fourth-order valence-electron chi connectivity index (χ4n) is 6.38. The van der Waals surface area contributed by atoms with Crippen molar-refractivity contribution >= 4 is 47.1 Å². The number of dihydropyridines is 1. The first-order valence-electron chi connectivity index (χ1n) is 21.7. The van der Waals surface area contributed by atoms with Gasteiger partial charge in [0.05, 0.1) is 71.4 Å². The minimum absolute atomic E-state index is 0.0761. The standard InChI is InChI=1S/C24H33NO6.C13H18ClNO4.C12H16ClNO3/c1-7-29-23(26)20-16(4)25-17(5)21(24(27)30-8-2)22(20)18-11-10-15(3)14-19(18)31-13-9-12-28-6;1-9-7-12(11(17-2)8-10(9)14)19-6-4-5-15-13(16)18-3;1-8-6-12(11(16-3)7-10(8)13)17-5-4-14-9(2)15/h10-11,14,22,25H,7-9,12-13H2,1-6H3;7-8H,4-6H2,1-3H3,(H,15,16);6-7H,4-5H2,1-3H3,(H,14,15). The largest absolute Gasteiger partial charge is 0.493 e. The molecule has 0 radical (unpaired) electrons. The monoisotopic (exact) mass is 975 g/mol. The molecule has 0 fully saturated rings. The van der Waals surface area contributed by atoms with Crippen LogP contribution in [0.5, 0.6) is 28.7 Å². The summed E-state index contributed by atoms with van der Waals surface area (Å²) in [6.07, 6.45) is 0.940. The minimum atomic E-state index is -0.669. The summed E-state index contributed by atoms with van der Waals surface area (Å²) in [4.78, 5) is 47.4. The Kier molecular flexibility index (Phi) is 26.0. The Morgan fingerprint density at radius 3 is 1.60 bits per heavy atom. The summed E-state index contributed by atoms with van der Waals surface area (Å²) >= 11 is 12.0. The van der Waals surface area contributed by atoms with E-state index in [1.54, 1.807) is 61.2 Å². The smallest absolute Gasteiger partial charge is 0.406 e. The van der Waals surface area contributed by atoms with Crippen LogP contribution in [0.25, 0.3) is 0 Å². The number of hydrogen-bond acceptors (Lipinski definition) is 14. The van der Waals surface area contributed by atoms with Crippen LogP contribution in [0.1, 0.15) is 75.6 Å². The first-order chi connectivity index (χ1) is 32.0. The van der Waals surface area contributed by atoms with Gasteiger partial charge in [0.1, 0.15) is 12.4 Å². The van der Waals surface area contributed by atoms with Gasteiger partial charge in [0, 0.05) is 72.7 Å². The fourth-order valence-corrected chi connectivity index (χ4v) is 6.68. The lowest BCUT2D eigenvalue weighted by Gasteiger charge is -2.31. The lowest BCUT2D eigenvalue weighted by Crippen LogP contribution is -2.32. The molecule has 0 spiro atoms. The molecule has 67 heavy (non-hydrogen) atoms. The summed E-state index contributed by atoms with van der Waals surface area (Å²) in [6, 6.07) is 12.8.